The molecule has 0 spiro atoms. The Labute approximate surface area is 262 Å². The van der Waals surface area contributed by atoms with Crippen LogP contribution in [0.5, 0.6) is 0 Å². The first-order valence-electron chi connectivity index (χ1n) is 14.5. The summed E-state index contributed by atoms with van der Waals surface area (Å²) in [6.45, 7) is 6.90. The lowest BCUT2D eigenvalue weighted by Gasteiger charge is -2.36. The molecule has 43 heavy (non-hydrogen) atoms. The van der Waals surface area contributed by atoms with E-state index in [2.05, 4.69) is 57.6 Å². The number of amides is 2. The van der Waals surface area contributed by atoms with Gasteiger partial charge in [-0.2, -0.15) is 0 Å². The minimum absolute atomic E-state index is 0.295. The van der Waals surface area contributed by atoms with Crippen LogP contribution in [0.15, 0.2) is 103 Å². The molecule has 1 aliphatic heterocycles. The molecule has 0 atom stereocenters. The third kappa shape index (κ3) is 6.94. The van der Waals surface area contributed by atoms with Gasteiger partial charge in [0.25, 0.3) is 0 Å². The molecule has 1 N–H and O–H groups in total. The number of fused-ring (bicyclic) bond motifs is 1. The molecule has 8 heteroatoms. The summed E-state index contributed by atoms with van der Waals surface area (Å²) in [5.41, 5.74) is 6.58. The Morgan fingerprint density at radius 3 is 2.28 bits per heavy atom. The molecule has 2 heterocycles. The SMILES string of the molecule is Cc1ccc2c(N3CCN(CCc4cccc(N(C(=O)Nc5cccc(Cl)c5)c5cccc(Cl)c5)c4)CC3)cccc2n1. The second kappa shape index (κ2) is 13.0. The second-order valence-electron chi connectivity index (χ2n) is 10.8. The fraction of sp³-hybridized carbons (Fsp3) is 0.200. The minimum atomic E-state index is -0.295. The quantitative estimate of drug-likeness (QED) is 0.201. The van der Waals surface area contributed by atoms with Crippen LogP contribution in [0.3, 0.4) is 0 Å². The van der Waals surface area contributed by atoms with Crippen molar-refractivity contribution in [3.63, 3.8) is 0 Å². The molecule has 6 rings (SSSR count). The van der Waals surface area contributed by atoms with Gasteiger partial charge in [0.15, 0.2) is 0 Å². The Balaban J connectivity index is 1.14. The number of hydrogen-bond acceptors (Lipinski definition) is 4. The van der Waals surface area contributed by atoms with Crippen molar-refractivity contribution in [2.24, 2.45) is 0 Å². The molecule has 218 valence electrons. The summed E-state index contributed by atoms with van der Waals surface area (Å²) in [6, 6.07) is 33.0. The van der Waals surface area contributed by atoms with E-state index < -0.39 is 0 Å². The van der Waals surface area contributed by atoms with Crippen molar-refractivity contribution in [2.75, 3.05) is 47.8 Å². The Morgan fingerprint density at radius 1 is 0.814 bits per heavy atom. The van der Waals surface area contributed by atoms with Crippen molar-refractivity contribution < 1.29 is 4.79 Å². The maximum Gasteiger partial charge on any atom is 0.330 e. The van der Waals surface area contributed by atoms with Crippen LogP contribution in [-0.4, -0.2) is 48.6 Å². The number of carbonyl (C=O) groups excluding carboxylic acids is 1. The molecule has 1 aliphatic rings. The largest absolute Gasteiger partial charge is 0.368 e. The lowest BCUT2D eigenvalue weighted by atomic mass is 10.1. The van der Waals surface area contributed by atoms with Crippen LogP contribution in [0.4, 0.5) is 27.5 Å². The smallest absolute Gasteiger partial charge is 0.330 e. The molecule has 2 amide bonds. The standard InChI is InChI=1S/C35H33Cl2N5O/c1-25-14-15-32-33(38-25)12-5-13-34(32)41-20-18-40(19-21-41)17-16-26-6-2-10-30(22-26)42(31-11-4-8-28(37)24-31)35(43)39-29-9-3-7-27(36)23-29/h2-15,22-24H,16-21H2,1H3,(H,39,43). The number of aromatic nitrogens is 1. The predicted molar refractivity (Wildman–Crippen MR) is 179 cm³/mol. The Hall–Kier alpha value is -4.10. The van der Waals surface area contributed by atoms with E-state index in [9.17, 15) is 4.79 Å². The van der Waals surface area contributed by atoms with E-state index in [-0.39, 0.29) is 6.03 Å². The molecule has 1 fully saturated rings. The molecule has 0 unspecified atom stereocenters. The Morgan fingerprint density at radius 2 is 1.51 bits per heavy atom. The number of benzene rings is 4. The zero-order valence-corrected chi connectivity index (χ0v) is 25.5. The number of halogens is 2. The van der Waals surface area contributed by atoms with Gasteiger partial charge < -0.3 is 10.2 Å². The number of urea groups is 1. The first-order chi connectivity index (χ1) is 20.9. The summed E-state index contributed by atoms with van der Waals surface area (Å²) in [4.78, 5) is 25.0. The number of anilines is 4. The van der Waals surface area contributed by atoms with Gasteiger partial charge >= 0.3 is 6.03 Å². The molecule has 6 nitrogen and oxygen atoms in total. The normalized spacial score (nSPS) is 13.7. The molecule has 0 radical (unpaired) electrons. The summed E-state index contributed by atoms with van der Waals surface area (Å²) < 4.78 is 0. The van der Waals surface area contributed by atoms with Crippen LogP contribution in [0, 0.1) is 6.92 Å². The molecule has 0 saturated carbocycles. The van der Waals surface area contributed by atoms with Gasteiger partial charge in [-0.05, 0) is 91.7 Å². The van der Waals surface area contributed by atoms with Gasteiger partial charge in [-0.3, -0.25) is 14.8 Å². The highest BCUT2D eigenvalue weighted by atomic mass is 35.5. The highest BCUT2D eigenvalue weighted by molar-refractivity contribution is 6.31. The van der Waals surface area contributed by atoms with Crippen molar-refractivity contribution >= 4 is 62.9 Å². The molecule has 1 saturated heterocycles. The van der Waals surface area contributed by atoms with E-state index >= 15 is 0 Å². The molecule has 0 bridgehead atoms. The van der Waals surface area contributed by atoms with E-state index in [4.69, 9.17) is 28.2 Å². The van der Waals surface area contributed by atoms with Gasteiger partial charge in [0.1, 0.15) is 0 Å². The summed E-state index contributed by atoms with van der Waals surface area (Å²) in [6.07, 6.45) is 0.880. The predicted octanol–water partition coefficient (Wildman–Crippen LogP) is 8.58. The van der Waals surface area contributed by atoms with Gasteiger partial charge in [0.2, 0.25) is 0 Å². The van der Waals surface area contributed by atoms with E-state index in [1.165, 1.54) is 11.1 Å². The topological polar surface area (TPSA) is 51.7 Å². The zero-order valence-electron chi connectivity index (χ0n) is 24.0. The van der Waals surface area contributed by atoms with Gasteiger partial charge in [-0.25, -0.2) is 4.79 Å². The number of piperazine rings is 1. The highest BCUT2D eigenvalue weighted by Crippen LogP contribution is 2.30. The number of rotatable bonds is 7. The van der Waals surface area contributed by atoms with Crippen molar-refractivity contribution in [3.05, 3.63) is 124 Å². The summed E-state index contributed by atoms with van der Waals surface area (Å²) in [7, 11) is 0. The Bertz CT molecular complexity index is 1750. The van der Waals surface area contributed by atoms with Gasteiger partial charge in [-0.15, -0.1) is 0 Å². The lowest BCUT2D eigenvalue weighted by molar-refractivity contribution is 0.259. The van der Waals surface area contributed by atoms with Crippen molar-refractivity contribution in [3.8, 4) is 0 Å². The van der Waals surface area contributed by atoms with Gasteiger partial charge in [0.05, 0.1) is 16.9 Å². The number of hydrogen-bond donors (Lipinski definition) is 1. The maximum atomic E-state index is 13.6. The average Bonchev–Trinajstić information content (AvgIpc) is 3.00. The van der Waals surface area contributed by atoms with E-state index in [1.807, 2.05) is 43.3 Å². The highest BCUT2D eigenvalue weighted by Gasteiger charge is 2.21. The van der Waals surface area contributed by atoms with Crippen LogP contribution in [0.1, 0.15) is 11.3 Å². The minimum Gasteiger partial charge on any atom is -0.368 e. The summed E-state index contributed by atoms with van der Waals surface area (Å²) in [5, 5.41) is 5.30. The third-order valence-corrected chi connectivity index (χ3v) is 8.26. The zero-order chi connectivity index (χ0) is 29.8. The molecule has 5 aromatic rings. The van der Waals surface area contributed by atoms with Crippen LogP contribution >= 0.6 is 23.2 Å². The number of nitrogens with one attached hydrogen (secondary N) is 1. The number of pyridine rings is 1. The van der Waals surface area contributed by atoms with Crippen molar-refractivity contribution in [1.82, 2.24) is 9.88 Å². The van der Waals surface area contributed by atoms with E-state index in [0.29, 0.717) is 21.4 Å². The molecule has 4 aromatic carbocycles. The fourth-order valence-corrected chi connectivity index (χ4v) is 5.99. The first-order valence-corrected chi connectivity index (χ1v) is 15.2. The summed E-state index contributed by atoms with van der Waals surface area (Å²) >= 11 is 12.5. The monoisotopic (exact) mass is 609 g/mol. The van der Waals surface area contributed by atoms with E-state index in [0.717, 1.165) is 61.6 Å². The van der Waals surface area contributed by atoms with E-state index in [1.54, 1.807) is 29.2 Å². The van der Waals surface area contributed by atoms with Crippen LogP contribution in [0.25, 0.3) is 10.9 Å². The van der Waals surface area contributed by atoms with Gasteiger partial charge in [0, 0.05) is 65.2 Å². The lowest BCUT2D eigenvalue weighted by Crippen LogP contribution is -2.47. The third-order valence-electron chi connectivity index (χ3n) is 7.79. The molecular weight excluding hydrogens is 577 g/mol. The van der Waals surface area contributed by atoms with Crippen molar-refractivity contribution in [2.45, 2.75) is 13.3 Å². The van der Waals surface area contributed by atoms with Crippen LogP contribution in [-0.2, 0) is 6.42 Å². The summed E-state index contributed by atoms with van der Waals surface area (Å²) in [5.74, 6) is 0. The fourth-order valence-electron chi connectivity index (χ4n) is 5.61. The number of carbonyl (C=O) groups is 1. The van der Waals surface area contributed by atoms with Gasteiger partial charge in [-0.1, -0.05) is 53.5 Å². The average molecular weight is 611 g/mol. The molecule has 0 aliphatic carbocycles. The maximum absolute atomic E-state index is 13.6. The van der Waals surface area contributed by atoms with Crippen LogP contribution < -0.4 is 15.1 Å². The Kier molecular flexibility index (Phi) is 8.79. The van der Waals surface area contributed by atoms with Crippen LogP contribution in [0.2, 0.25) is 10.0 Å². The second-order valence-corrected chi connectivity index (χ2v) is 11.7. The van der Waals surface area contributed by atoms with Crippen molar-refractivity contribution in [1.29, 1.82) is 0 Å². The number of nitrogens with zero attached hydrogens (tertiary/aromatic N) is 4. The number of aryl methyl sites for hydroxylation is 1. The molecule has 1 aromatic heterocycles. The molecular formula is C35H33Cl2N5O. The first kappa shape index (κ1) is 29.0.